The van der Waals surface area contributed by atoms with E-state index in [0.29, 0.717) is 34.8 Å². The molecule has 6 aromatic rings. The van der Waals surface area contributed by atoms with Crippen LogP contribution >= 0.6 is 0 Å². The van der Waals surface area contributed by atoms with Crippen molar-refractivity contribution < 1.29 is 108 Å². The Hall–Kier alpha value is -13.3. The number of rotatable bonds is 38. The fourth-order valence-electron chi connectivity index (χ4n) is 9.25. The summed E-state index contributed by atoms with van der Waals surface area (Å²) in [6.07, 6.45) is -3.25. The second-order valence-electron chi connectivity index (χ2n) is 22.4. The van der Waals surface area contributed by atoms with Crippen molar-refractivity contribution in [3.05, 3.63) is 83.4 Å². The Morgan fingerprint density at radius 3 is 0.873 bits per heavy atom. The number of benzene rings is 2. The number of hydrogen-bond donors (Lipinski definition) is 18. The largest absolute Gasteiger partial charge is 0.481 e. The normalized spacial score (nSPS) is 12.6. The molecule has 42 nitrogen and oxygen atoms in total. The highest BCUT2D eigenvalue weighted by Gasteiger charge is 2.30. The zero-order valence-electron chi connectivity index (χ0n) is 54.2. The lowest BCUT2D eigenvalue weighted by Crippen LogP contribution is -2.46. The third-order valence-corrected chi connectivity index (χ3v) is 14.6. The van der Waals surface area contributed by atoms with E-state index in [2.05, 4.69) is 71.8 Å². The molecule has 2 aromatic carbocycles. The molecule has 0 aliphatic rings. The summed E-state index contributed by atoms with van der Waals surface area (Å²) in [6.45, 7) is 0.622. The van der Waals surface area contributed by atoms with Crippen LogP contribution in [0.3, 0.4) is 0 Å². The molecule has 0 spiro atoms. The van der Waals surface area contributed by atoms with E-state index >= 15 is 0 Å². The van der Waals surface area contributed by atoms with E-state index < -0.39 is 184 Å². The minimum Gasteiger partial charge on any atom is -0.481 e. The molecule has 4 heterocycles. The number of carboxylic acid groups (broad SMARTS) is 8. The summed E-state index contributed by atoms with van der Waals surface area (Å²) < 4.78 is 0. The quantitative estimate of drug-likeness (QED) is 0.0198. The van der Waals surface area contributed by atoms with Crippen LogP contribution in [-0.2, 0) is 70.6 Å². The Bertz CT molecular complexity index is 4130. The average molecular weight is 1430 g/mol. The van der Waals surface area contributed by atoms with Gasteiger partial charge in [-0.3, -0.25) is 38.4 Å². The Morgan fingerprint density at radius 2 is 0.618 bits per heavy atom. The molecule has 4 aromatic heterocycles. The number of carbonyl (C=O) groups is 14. The molecule has 22 N–H and O–H groups in total. The number of fused-ring (bicyclic) bond motifs is 2. The predicted molar refractivity (Wildman–Crippen MR) is 352 cm³/mol. The highest BCUT2D eigenvalue weighted by molar-refractivity contribution is 5.98. The number of hydrogen-bond acceptors (Lipinski definition) is 28. The van der Waals surface area contributed by atoms with Gasteiger partial charge >= 0.3 is 47.8 Å². The van der Waals surface area contributed by atoms with Gasteiger partial charge in [-0.25, -0.2) is 48.7 Å². The summed E-state index contributed by atoms with van der Waals surface area (Å²) in [5, 5.41) is 87.3. The lowest BCUT2D eigenvalue weighted by Gasteiger charge is -2.20. The molecule has 6 rings (SSSR count). The Morgan fingerprint density at radius 1 is 0.363 bits per heavy atom. The maximum atomic E-state index is 13.0. The molecule has 0 aliphatic carbocycles. The number of carbonyl (C=O) groups excluding carboxylic acids is 6. The van der Waals surface area contributed by atoms with Crippen LogP contribution in [0.5, 0.6) is 0 Å². The van der Waals surface area contributed by atoms with E-state index in [-0.39, 0.29) is 65.2 Å². The third-order valence-electron chi connectivity index (χ3n) is 14.6. The van der Waals surface area contributed by atoms with Gasteiger partial charge in [0.25, 0.3) is 11.8 Å². The van der Waals surface area contributed by atoms with E-state index in [9.17, 15) is 97.8 Å². The van der Waals surface area contributed by atoms with Crippen LogP contribution in [0.4, 0.5) is 34.9 Å². The summed E-state index contributed by atoms with van der Waals surface area (Å²) in [5.41, 5.74) is 26.9. The van der Waals surface area contributed by atoms with Crippen molar-refractivity contribution >= 4 is 140 Å². The fraction of sp³-hybridized carbons (Fsp3) is 0.367. The van der Waals surface area contributed by atoms with Gasteiger partial charge in [0.15, 0.2) is 34.0 Å². The van der Waals surface area contributed by atoms with Gasteiger partial charge in [0, 0.05) is 75.1 Å². The van der Waals surface area contributed by atoms with Crippen molar-refractivity contribution in [3.63, 3.8) is 0 Å². The van der Waals surface area contributed by atoms with Gasteiger partial charge in [-0.1, -0.05) is 0 Å². The highest BCUT2D eigenvalue weighted by Crippen LogP contribution is 2.22. The summed E-state index contributed by atoms with van der Waals surface area (Å²) >= 11 is 0. The molecule has 0 saturated heterocycles. The Labute approximate surface area is 575 Å². The van der Waals surface area contributed by atoms with Crippen molar-refractivity contribution in [2.24, 2.45) is 0 Å². The number of nitrogens with two attached hydrogens (primary N) is 4. The third kappa shape index (κ3) is 25.3. The summed E-state index contributed by atoms with van der Waals surface area (Å²) in [4.78, 5) is 203. The maximum Gasteiger partial charge on any atom is 0.326 e. The van der Waals surface area contributed by atoms with E-state index in [1.165, 1.54) is 30.5 Å². The van der Waals surface area contributed by atoms with Crippen molar-refractivity contribution in [2.45, 2.75) is 126 Å². The second-order valence-corrected chi connectivity index (χ2v) is 22.4. The highest BCUT2D eigenvalue weighted by atomic mass is 16.4. The smallest absolute Gasteiger partial charge is 0.326 e. The zero-order chi connectivity index (χ0) is 75.7. The standard InChI is InChI=1S/C40H50N12O17.C20H22N8O5/c1-52(17-19-16-43-33-31(44-19)32(41)50-40(42)51-33)20-4-2-18(3-5-20)34(59)49-25(39(68)69)9-14-29(56)47-23(37(64)65)7-12-27(54)45-21(35(60)61)6-11-26(53)46-22(36(62)63)8-13-28(55)48-24(38(66)67)10-15-30(57)58;1-28(9-11-8-23-17-15(24-11)16(21)26-20(22)27-17)12-4-2-10(3-5-12)18(31)25-13(19(32)33)6-7-14(29)30/h2-5,16,21-25H,6-15,17H2,1H3,(H,45,54)(H,46,53)(H,47,56)(H,48,55)(H,49,59)(H,57,58)(H,60,61)(H,62,63)(H,64,65)(H,66,67)(H,68,69)(H4,41,42,43,50,51);2-5,8,13H,6-7,9H2,1H3,(H,25,31)(H,29,30)(H,32,33)(H4,21,22,23,26,27). The topological polar surface area (TPSA) is 687 Å². The number of aromatic nitrogens is 8. The van der Waals surface area contributed by atoms with Crippen LogP contribution in [0.2, 0.25) is 0 Å². The van der Waals surface area contributed by atoms with Crippen LogP contribution in [-0.4, -0.2) is 214 Å². The minimum absolute atomic E-state index is 0.0138. The Kier molecular flexibility index (Phi) is 29.1. The number of nitrogens with one attached hydrogen (secondary N) is 6. The number of amides is 6. The monoisotopic (exact) mass is 1420 g/mol. The summed E-state index contributed by atoms with van der Waals surface area (Å²) in [5.74, 6) is -16.8. The molecular formula is C60H72N20O22. The Balaban J connectivity index is 0.000000470. The van der Waals surface area contributed by atoms with Gasteiger partial charge in [-0.2, -0.15) is 19.9 Å². The van der Waals surface area contributed by atoms with E-state index in [0.717, 1.165) is 5.69 Å². The second kappa shape index (κ2) is 37.4. The van der Waals surface area contributed by atoms with Gasteiger partial charge in [-0.15, -0.1) is 0 Å². The van der Waals surface area contributed by atoms with E-state index in [1.807, 2.05) is 11.9 Å². The van der Waals surface area contributed by atoms with Crippen molar-refractivity contribution in [1.29, 1.82) is 0 Å². The van der Waals surface area contributed by atoms with Gasteiger partial charge in [0.2, 0.25) is 35.5 Å². The SMILES string of the molecule is CN(Cc1cnc2nc(N)nc(N)c2n1)c1ccc(C(=O)NC(CCC(=O)NC(CCC(=O)NC(CCC(=O)NC(CCC(=O)NC(CCC(=O)O)C(=O)O)C(=O)O)C(=O)O)C(=O)O)C(=O)O)cc1.CN(Cc1cnc2nc(N)nc(N)c2n1)c1ccc(C(=O)NC(CCC(=O)O)C(=O)O)cc1. The van der Waals surface area contributed by atoms with Gasteiger partial charge < -0.3 is 105 Å². The van der Waals surface area contributed by atoms with Crippen LogP contribution < -0.4 is 64.6 Å². The molecule has 544 valence electrons. The number of nitrogen functional groups attached to an aromatic ring is 4. The number of nitrogens with zero attached hydrogens (tertiary/aromatic N) is 10. The molecule has 0 aliphatic heterocycles. The van der Waals surface area contributed by atoms with Crippen molar-refractivity contribution in [3.8, 4) is 0 Å². The number of carboxylic acids is 8. The predicted octanol–water partition coefficient (Wildman–Crippen LogP) is -2.06. The van der Waals surface area contributed by atoms with E-state index in [1.54, 1.807) is 42.4 Å². The summed E-state index contributed by atoms with van der Waals surface area (Å²) in [7, 11) is 3.55. The molecule has 42 heteroatoms. The first-order valence-electron chi connectivity index (χ1n) is 30.4. The van der Waals surface area contributed by atoms with Gasteiger partial charge in [0.05, 0.1) is 36.9 Å². The lowest BCUT2D eigenvalue weighted by molar-refractivity contribution is -0.144. The van der Waals surface area contributed by atoms with Crippen LogP contribution in [0, 0.1) is 0 Å². The summed E-state index contributed by atoms with van der Waals surface area (Å²) in [6, 6.07) is 2.91. The van der Waals surface area contributed by atoms with Crippen LogP contribution in [0.1, 0.15) is 109 Å². The molecular weight excluding hydrogens is 1350 g/mol. The molecule has 102 heavy (non-hydrogen) atoms. The van der Waals surface area contributed by atoms with Crippen LogP contribution in [0.25, 0.3) is 22.3 Å². The molecule has 6 unspecified atom stereocenters. The molecule has 0 bridgehead atoms. The molecule has 0 saturated carbocycles. The van der Waals surface area contributed by atoms with Gasteiger partial charge in [0.1, 0.15) is 36.3 Å². The lowest BCUT2D eigenvalue weighted by atomic mass is 10.1. The molecule has 6 amide bonds. The van der Waals surface area contributed by atoms with Crippen molar-refractivity contribution in [1.82, 2.24) is 71.8 Å². The maximum absolute atomic E-state index is 13.0. The average Bonchev–Trinajstić information content (AvgIpc) is 0.788. The fourth-order valence-corrected chi connectivity index (χ4v) is 9.25. The first-order chi connectivity index (χ1) is 48.1. The zero-order valence-corrected chi connectivity index (χ0v) is 54.2. The minimum atomic E-state index is -1.73. The molecule has 0 radical (unpaired) electrons. The van der Waals surface area contributed by atoms with Crippen LogP contribution in [0.15, 0.2) is 60.9 Å². The van der Waals surface area contributed by atoms with Crippen molar-refractivity contribution in [2.75, 3.05) is 46.8 Å². The molecule has 0 fully saturated rings. The van der Waals surface area contributed by atoms with Gasteiger partial charge in [-0.05, 0) is 87.1 Å². The number of aliphatic carboxylic acids is 8. The first kappa shape index (κ1) is 79.3. The first-order valence-corrected chi connectivity index (χ1v) is 30.4. The van der Waals surface area contributed by atoms with E-state index in [4.69, 9.17) is 33.1 Å². The molecule has 6 atom stereocenters. The number of anilines is 6.